The van der Waals surface area contributed by atoms with Crippen LogP contribution in [0.25, 0.3) is 33.8 Å². The van der Waals surface area contributed by atoms with Crippen LogP contribution in [-0.4, -0.2) is 66.4 Å². The van der Waals surface area contributed by atoms with E-state index >= 15 is 0 Å². The zero-order chi connectivity index (χ0) is 32.6. The number of nitrogens with zero attached hydrogens (tertiary/aromatic N) is 5. The van der Waals surface area contributed by atoms with Crippen molar-refractivity contribution in [3.63, 3.8) is 0 Å². The summed E-state index contributed by atoms with van der Waals surface area (Å²) in [6, 6.07) is 15.8. The van der Waals surface area contributed by atoms with Crippen molar-refractivity contribution in [2.24, 2.45) is 0 Å². The maximum atomic E-state index is 12.8. The lowest BCUT2D eigenvalue weighted by molar-refractivity contribution is 0.0199. The Labute approximate surface area is 269 Å². The number of aromatic nitrogens is 4. The number of carbonyl (C=O) groups excluding carboxylic acids is 2. The molecule has 2 aromatic heterocycles. The van der Waals surface area contributed by atoms with E-state index in [-0.39, 0.29) is 24.3 Å². The molecule has 2 aliphatic rings. The zero-order valence-corrected chi connectivity index (χ0v) is 27.4. The van der Waals surface area contributed by atoms with Gasteiger partial charge >= 0.3 is 12.2 Å². The molecule has 0 spiro atoms. The Bertz CT molecular complexity index is 1550. The van der Waals surface area contributed by atoms with Gasteiger partial charge in [-0.2, -0.15) is 0 Å². The van der Waals surface area contributed by atoms with Crippen LogP contribution < -0.4 is 0 Å². The summed E-state index contributed by atoms with van der Waals surface area (Å²) in [7, 11) is 0. The third-order valence-electron chi connectivity index (χ3n) is 8.06. The molecule has 4 heterocycles. The summed E-state index contributed by atoms with van der Waals surface area (Å²) in [5, 5.41) is 8.55. The largest absolute Gasteiger partial charge is 0.444 e. The van der Waals surface area contributed by atoms with E-state index in [1.807, 2.05) is 72.0 Å². The molecule has 2 aliphatic heterocycles. The van der Waals surface area contributed by atoms with E-state index in [1.165, 1.54) is 0 Å². The minimum Gasteiger partial charge on any atom is -0.444 e. The number of aromatic amines is 1. The van der Waals surface area contributed by atoms with E-state index in [4.69, 9.17) is 13.9 Å². The van der Waals surface area contributed by atoms with E-state index in [1.54, 1.807) is 9.80 Å². The van der Waals surface area contributed by atoms with Crippen LogP contribution in [0.5, 0.6) is 0 Å². The van der Waals surface area contributed by atoms with Crippen LogP contribution in [0.1, 0.15) is 91.0 Å². The highest BCUT2D eigenvalue weighted by molar-refractivity contribution is 5.72. The maximum Gasteiger partial charge on any atom is 0.410 e. The first-order valence-corrected chi connectivity index (χ1v) is 15.9. The Kier molecular flexibility index (Phi) is 8.35. The van der Waals surface area contributed by atoms with Crippen LogP contribution in [0.2, 0.25) is 0 Å². The van der Waals surface area contributed by atoms with Crippen LogP contribution in [0.4, 0.5) is 9.59 Å². The van der Waals surface area contributed by atoms with Gasteiger partial charge in [0.15, 0.2) is 0 Å². The Hall–Kier alpha value is -4.67. The molecule has 0 saturated carbocycles. The number of nitrogens with one attached hydrogen (secondary N) is 1. The van der Waals surface area contributed by atoms with Gasteiger partial charge in [-0.3, -0.25) is 9.80 Å². The standard InChI is InChI=1S/C35H42N6O5/c1-34(2,3)45-32(42)40-19-7-9-27(40)29-36-21-26(37-29)24-15-11-22(12-16-24)23-13-17-25(18-14-23)30-38-39-31(44-30)28-10-8-20-41(28)33(43)46-35(4,5)6/h11-18,21,27-28H,7-10,19-20H2,1-6H3,(H,36,37)/t27-,28+/m0/s1. The topological polar surface area (TPSA) is 127 Å². The average Bonchev–Trinajstić information content (AvgIpc) is 3.82. The summed E-state index contributed by atoms with van der Waals surface area (Å²) < 4.78 is 17.2. The van der Waals surface area contributed by atoms with Gasteiger partial charge in [-0.15, -0.1) is 10.2 Å². The highest BCUT2D eigenvalue weighted by atomic mass is 16.6. The number of likely N-dealkylation sites (tertiary alicyclic amines) is 2. The number of rotatable bonds is 5. The molecule has 2 amide bonds. The highest BCUT2D eigenvalue weighted by Crippen LogP contribution is 2.35. The molecule has 0 bridgehead atoms. The first kappa shape index (κ1) is 31.3. The Morgan fingerprint density at radius 2 is 1.24 bits per heavy atom. The molecule has 11 nitrogen and oxygen atoms in total. The fourth-order valence-corrected chi connectivity index (χ4v) is 5.94. The van der Waals surface area contributed by atoms with Gasteiger partial charge in [-0.1, -0.05) is 36.4 Å². The lowest BCUT2D eigenvalue weighted by atomic mass is 10.0. The Balaban J connectivity index is 1.11. The van der Waals surface area contributed by atoms with Crippen molar-refractivity contribution < 1.29 is 23.5 Å². The van der Waals surface area contributed by atoms with Gasteiger partial charge in [-0.25, -0.2) is 14.6 Å². The van der Waals surface area contributed by atoms with Crippen LogP contribution in [0.3, 0.4) is 0 Å². The average molecular weight is 627 g/mol. The minimum absolute atomic E-state index is 0.126. The predicted molar refractivity (Wildman–Crippen MR) is 173 cm³/mol. The SMILES string of the molecule is CC(C)(C)OC(=O)N1CCC[C@@H]1c1nnc(-c2ccc(-c3ccc(-c4cnc([C@@H]5CCCN5C(=O)OC(C)(C)C)[nH]4)cc3)cc2)o1. The molecule has 242 valence electrons. The number of benzene rings is 2. The molecule has 2 fully saturated rings. The summed E-state index contributed by atoms with van der Waals surface area (Å²) in [5.74, 6) is 1.61. The van der Waals surface area contributed by atoms with E-state index < -0.39 is 11.2 Å². The van der Waals surface area contributed by atoms with Crippen molar-refractivity contribution in [3.8, 4) is 33.8 Å². The van der Waals surface area contributed by atoms with Gasteiger partial charge in [-0.05, 0) is 96.0 Å². The maximum absolute atomic E-state index is 12.8. The van der Waals surface area contributed by atoms with E-state index in [9.17, 15) is 9.59 Å². The lowest BCUT2D eigenvalue weighted by Gasteiger charge is -2.27. The van der Waals surface area contributed by atoms with Crippen molar-refractivity contribution in [2.75, 3.05) is 13.1 Å². The molecular weight excluding hydrogens is 584 g/mol. The number of H-pyrrole nitrogens is 1. The van der Waals surface area contributed by atoms with Gasteiger partial charge in [0.1, 0.15) is 23.1 Å². The van der Waals surface area contributed by atoms with E-state index in [2.05, 4.69) is 44.4 Å². The van der Waals surface area contributed by atoms with Crippen molar-refractivity contribution >= 4 is 12.2 Å². The second kappa shape index (κ2) is 12.3. The van der Waals surface area contributed by atoms with Gasteiger partial charge in [0.25, 0.3) is 0 Å². The van der Waals surface area contributed by atoms with Gasteiger partial charge in [0.2, 0.25) is 11.8 Å². The van der Waals surface area contributed by atoms with E-state index in [0.717, 1.165) is 59.5 Å². The molecule has 2 aromatic carbocycles. The molecular formula is C35H42N6O5. The summed E-state index contributed by atoms with van der Waals surface area (Å²) in [6.45, 7) is 12.5. The quantitative estimate of drug-likeness (QED) is 0.237. The van der Waals surface area contributed by atoms with E-state index in [0.29, 0.717) is 24.9 Å². The summed E-state index contributed by atoms with van der Waals surface area (Å²) >= 11 is 0. The second-order valence-electron chi connectivity index (χ2n) is 13.9. The smallest absolute Gasteiger partial charge is 0.410 e. The Morgan fingerprint density at radius 1 is 0.739 bits per heavy atom. The molecule has 2 saturated heterocycles. The van der Waals surface area contributed by atoms with Gasteiger partial charge in [0, 0.05) is 18.7 Å². The van der Waals surface area contributed by atoms with Crippen molar-refractivity contribution in [1.29, 1.82) is 0 Å². The number of ether oxygens (including phenoxy) is 2. The van der Waals surface area contributed by atoms with Gasteiger partial charge < -0.3 is 18.9 Å². The summed E-state index contributed by atoms with van der Waals surface area (Å²) in [5.41, 5.74) is 3.70. The molecule has 6 rings (SSSR count). The first-order chi connectivity index (χ1) is 21.8. The van der Waals surface area contributed by atoms with Crippen LogP contribution >= 0.6 is 0 Å². The predicted octanol–water partition coefficient (Wildman–Crippen LogP) is 7.94. The second-order valence-corrected chi connectivity index (χ2v) is 13.9. The minimum atomic E-state index is -0.572. The first-order valence-electron chi connectivity index (χ1n) is 15.9. The van der Waals surface area contributed by atoms with Crippen molar-refractivity contribution in [3.05, 3.63) is 66.4 Å². The van der Waals surface area contributed by atoms with Crippen LogP contribution in [0, 0.1) is 0 Å². The summed E-state index contributed by atoms with van der Waals surface area (Å²) in [6.07, 6.45) is 4.51. The highest BCUT2D eigenvalue weighted by Gasteiger charge is 2.37. The molecule has 46 heavy (non-hydrogen) atoms. The molecule has 0 unspecified atom stereocenters. The number of imidazole rings is 1. The molecule has 2 atom stereocenters. The van der Waals surface area contributed by atoms with Crippen molar-refractivity contribution in [1.82, 2.24) is 30.0 Å². The molecule has 0 aliphatic carbocycles. The van der Waals surface area contributed by atoms with Crippen LogP contribution in [0.15, 0.2) is 59.1 Å². The molecule has 4 aromatic rings. The fraction of sp³-hybridized carbons (Fsp3) is 0.457. The Morgan fingerprint density at radius 3 is 1.80 bits per heavy atom. The number of hydrogen-bond donors (Lipinski definition) is 1. The molecule has 11 heteroatoms. The number of carbonyl (C=O) groups is 2. The number of amides is 2. The molecule has 0 radical (unpaired) electrons. The third kappa shape index (κ3) is 6.93. The van der Waals surface area contributed by atoms with Crippen molar-refractivity contribution in [2.45, 2.75) is 90.5 Å². The van der Waals surface area contributed by atoms with Crippen LogP contribution in [-0.2, 0) is 9.47 Å². The normalized spacial score (nSPS) is 18.7. The molecule has 1 N–H and O–H groups in total. The fourth-order valence-electron chi connectivity index (χ4n) is 5.94. The third-order valence-corrected chi connectivity index (χ3v) is 8.06. The zero-order valence-electron chi connectivity index (χ0n) is 27.4. The van der Waals surface area contributed by atoms with Gasteiger partial charge in [0.05, 0.1) is 17.9 Å². The monoisotopic (exact) mass is 626 g/mol. The number of hydrogen-bond acceptors (Lipinski definition) is 8. The summed E-state index contributed by atoms with van der Waals surface area (Å²) in [4.78, 5) is 37.0. The lowest BCUT2D eigenvalue weighted by Crippen LogP contribution is -2.36.